The summed E-state index contributed by atoms with van der Waals surface area (Å²) in [5.41, 5.74) is 6.47. The first-order valence-electron chi connectivity index (χ1n) is 8.94. The normalized spacial score (nSPS) is 14.2. The molecule has 0 saturated heterocycles. The number of aliphatic hydroxyl groups excluding tert-OH is 2. The van der Waals surface area contributed by atoms with Gasteiger partial charge in [-0.3, -0.25) is 0 Å². The van der Waals surface area contributed by atoms with Crippen molar-refractivity contribution in [3.8, 4) is 0 Å². The molecule has 2 rings (SSSR count). The van der Waals surface area contributed by atoms with Gasteiger partial charge in [-0.05, 0) is 36.0 Å². The summed E-state index contributed by atoms with van der Waals surface area (Å²) < 4.78 is 1.99. The number of rotatable bonds is 7. The van der Waals surface area contributed by atoms with Gasteiger partial charge in [-0.15, -0.1) is 0 Å². The van der Waals surface area contributed by atoms with Crippen molar-refractivity contribution in [3.05, 3.63) is 45.4 Å². The fraction of sp³-hybridized carbons (Fsp3) is 0.550. The molecule has 0 radical (unpaired) electrons. The van der Waals surface area contributed by atoms with Gasteiger partial charge >= 0.3 is 0 Å². The molecular weight excluding hydrogens is 332 g/mol. The molecule has 2 atom stereocenters. The van der Waals surface area contributed by atoms with E-state index in [2.05, 4.69) is 51.2 Å². The predicted molar refractivity (Wildman–Crippen MR) is 104 cm³/mol. The molecule has 0 amide bonds. The van der Waals surface area contributed by atoms with Crippen molar-refractivity contribution in [1.82, 2.24) is 0 Å². The highest BCUT2D eigenvalue weighted by Gasteiger charge is 2.22. The molecule has 138 valence electrons. The van der Waals surface area contributed by atoms with Crippen LogP contribution in [0.4, 0.5) is 5.69 Å². The van der Waals surface area contributed by atoms with Gasteiger partial charge in [-0.1, -0.05) is 51.2 Å². The molecule has 0 bridgehead atoms. The van der Waals surface area contributed by atoms with Crippen molar-refractivity contribution < 1.29 is 14.8 Å². The quantitative estimate of drug-likeness (QED) is 0.513. The third-order valence-corrected chi connectivity index (χ3v) is 5.78. The van der Waals surface area contributed by atoms with E-state index in [4.69, 9.17) is 0 Å². The highest BCUT2D eigenvalue weighted by atomic mass is 32.1. The first-order valence-corrected chi connectivity index (χ1v) is 9.82. The van der Waals surface area contributed by atoms with Crippen LogP contribution >= 0.6 is 11.3 Å². The SMILES string of the molecule is Cc1c(C(C)O)sc[n+]1CC(O)Nc1ccc(C(C)C)cc1C(C)C. The van der Waals surface area contributed by atoms with Gasteiger partial charge in [0.25, 0.3) is 0 Å². The van der Waals surface area contributed by atoms with Crippen LogP contribution in [0.15, 0.2) is 23.7 Å². The smallest absolute Gasteiger partial charge is 0.225 e. The third kappa shape index (κ3) is 4.81. The Morgan fingerprint density at radius 2 is 1.76 bits per heavy atom. The standard InChI is InChI=1S/C20H31N2O2S/c1-12(2)16-7-8-18(17(9-16)13(3)4)21-19(24)10-22-11-25-20(14(22)5)15(6)23/h7-9,11-13,15,19,21,23-24H,10H2,1-6H3/q+1. The first-order chi connectivity index (χ1) is 11.7. The Labute approximate surface area is 155 Å². The highest BCUT2D eigenvalue weighted by molar-refractivity contribution is 7.09. The summed E-state index contributed by atoms with van der Waals surface area (Å²) in [5.74, 6) is 0.866. The maximum atomic E-state index is 10.5. The van der Waals surface area contributed by atoms with Crippen molar-refractivity contribution in [1.29, 1.82) is 0 Å². The molecule has 25 heavy (non-hydrogen) atoms. The Hall–Kier alpha value is -1.43. The monoisotopic (exact) mass is 363 g/mol. The number of nitrogens with zero attached hydrogens (tertiary/aromatic N) is 1. The van der Waals surface area contributed by atoms with E-state index in [1.807, 2.05) is 17.0 Å². The Bertz CT molecular complexity index is 708. The van der Waals surface area contributed by atoms with Gasteiger partial charge in [0.15, 0.2) is 18.5 Å². The Morgan fingerprint density at radius 1 is 1.08 bits per heavy atom. The second-order valence-corrected chi connectivity index (χ2v) is 8.20. The van der Waals surface area contributed by atoms with Crippen molar-refractivity contribution in [3.63, 3.8) is 0 Å². The summed E-state index contributed by atoms with van der Waals surface area (Å²) >= 11 is 1.52. The Kier molecular flexibility index (Phi) is 6.60. The molecule has 2 aromatic rings. The van der Waals surface area contributed by atoms with Gasteiger partial charge in [0.2, 0.25) is 5.51 Å². The van der Waals surface area contributed by atoms with E-state index in [9.17, 15) is 10.2 Å². The molecule has 3 N–H and O–H groups in total. The lowest BCUT2D eigenvalue weighted by atomic mass is 9.94. The molecule has 2 unspecified atom stereocenters. The van der Waals surface area contributed by atoms with Crippen LogP contribution in [0.2, 0.25) is 0 Å². The summed E-state index contributed by atoms with van der Waals surface area (Å²) in [6, 6.07) is 6.43. The zero-order valence-corrected chi connectivity index (χ0v) is 16.9. The maximum Gasteiger partial charge on any atom is 0.225 e. The molecule has 1 heterocycles. The van der Waals surface area contributed by atoms with E-state index in [1.54, 1.807) is 6.92 Å². The van der Waals surface area contributed by atoms with E-state index in [1.165, 1.54) is 22.5 Å². The molecule has 5 heteroatoms. The number of aromatic nitrogens is 1. The summed E-state index contributed by atoms with van der Waals surface area (Å²) in [5, 5.41) is 23.5. The van der Waals surface area contributed by atoms with E-state index >= 15 is 0 Å². The maximum absolute atomic E-state index is 10.5. The average molecular weight is 364 g/mol. The zero-order chi connectivity index (χ0) is 18.7. The van der Waals surface area contributed by atoms with Crippen LogP contribution in [-0.2, 0) is 6.54 Å². The van der Waals surface area contributed by atoms with Crippen LogP contribution in [0.25, 0.3) is 0 Å². The second-order valence-electron chi connectivity index (χ2n) is 7.32. The van der Waals surface area contributed by atoms with Gasteiger partial charge in [-0.2, -0.15) is 4.57 Å². The fourth-order valence-electron chi connectivity index (χ4n) is 2.97. The molecule has 0 aliphatic rings. The van der Waals surface area contributed by atoms with E-state index in [-0.39, 0.29) is 0 Å². The van der Waals surface area contributed by atoms with Crippen LogP contribution in [0.5, 0.6) is 0 Å². The number of hydrogen-bond donors (Lipinski definition) is 3. The number of aliphatic hydroxyl groups is 2. The summed E-state index contributed by atoms with van der Waals surface area (Å²) in [4.78, 5) is 0.941. The Balaban J connectivity index is 2.16. The summed E-state index contributed by atoms with van der Waals surface area (Å²) in [6.45, 7) is 12.9. The second kappa shape index (κ2) is 8.30. The molecular formula is C20H31N2O2S+. The van der Waals surface area contributed by atoms with Crippen LogP contribution < -0.4 is 9.88 Å². The van der Waals surface area contributed by atoms with Crippen LogP contribution in [0, 0.1) is 6.92 Å². The molecule has 0 saturated carbocycles. The minimum absolute atomic E-state index is 0.380. The van der Waals surface area contributed by atoms with Crippen molar-refractivity contribution >= 4 is 17.0 Å². The first kappa shape index (κ1) is 19.9. The highest BCUT2D eigenvalue weighted by Crippen LogP contribution is 2.29. The van der Waals surface area contributed by atoms with E-state index in [0.29, 0.717) is 18.4 Å². The van der Waals surface area contributed by atoms with Crippen LogP contribution in [0.1, 0.15) is 74.3 Å². The number of benzene rings is 1. The minimum atomic E-state index is -0.692. The molecule has 0 fully saturated rings. The lowest BCUT2D eigenvalue weighted by Crippen LogP contribution is -2.43. The molecule has 1 aromatic heterocycles. The number of anilines is 1. The number of nitrogens with one attached hydrogen (secondary N) is 1. The zero-order valence-electron chi connectivity index (χ0n) is 16.1. The Morgan fingerprint density at radius 3 is 2.28 bits per heavy atom. The van der Waals surface area contributed by atoms with Gasteiger partial charge in [0, 0.05) is 12.6 Å². The lowest BCUT2D eigenvalue weighted by Gasteiger charge is -2.19. The molecule has 4 nitrogen and oxygen atoms in total. The third-order valence-electron chi connectivity index (χ3n) is 4.53. The predicted octanol–water partition coefficient (Wildman–Crippen LogP) is 4.07. The van der Waals surface area contributed by atoms with Crippen molar-refractivity contribution in [2.45, 2.75) is 72.3 Å². The number of thiazole rings is 1. The van der Waals surface area contributed by atoms with Crippen LogP contribution in [0.3, 0.4) is 0 Å². The molecule has 0 spiro atoms. The van der Waals surface area contributed by atoms with Crippen molar-refractivity contribution in [2.24, 2.45) is 0 Å². The largest absolute Gasteiger partial charge is 0.388 e. The lowest BCUT2D eigenvalue weighted by molar-refractivity contribution is -0.704. The molecule has 0 aliphatic heterocycles. The average Bonchev–Trinajstić information content (AvgIpc) is 2.88. The number of hydrogen-bond acceptors (Lipinski definition) is 4. The summed E-state index contributed by atoms with van der Waals surface area (Å²) in [7, 11) is 0. The molecule has 1 aromatic carbocycles. The van der Waals surface area contributed by atoms with Crippen LogP contribution in [-0.4, -0.2) is 16.4 Å². The topological polar surface area (TPSA) is 56.4 Å². The van der Waals surface area contributed by atoms with Crippen molar-refractivity contribution in [2.75, 3.05) is 5.32 Å². The minimum Gasteiger partial charge on any atom is -0.388 e. The van der Waals surface area contributed by atoms with Gasteiger partial charge in [0.05, 0.1) is 6.10 Å². The fourth-order valence-corrected chi connectivity index (χ4v) is 3.94. The molecule has 0 aliphatic carbocycles. The van der Waals surface area contributed by atoms with E-state index < -0.39 is 12.3 Å². The van der Waals surface area contributed by atoms with Gasteiger partial charge < -0.3 is 15.5 Å². The van der Waals surface area contributed by atoms with E-state index in [0.717, 1.165) is 16.3 Å². The van der Waals surface area contributed by atoms with Gasteiger partial charge in [-0.25, -0.2) is 0 Å². The summed E-state index contributed by atoms with van der Waals surface area (Å²) in [6.07, 6.45) is -1.17. The van der Waals surface area contributed by atoms with Gasteiger partial charge in [0.1, 0.15) is 4.88 Å².